The van der Waals surface area contributed by atoms with Crippen molar-refractivity contribution >= 4 is 40.2 Å². The Hall–Kier alpha value is -4.51. The minimum Gasteiger partial charge on any atom is -0.444 e. The van der Waals surface area contributed by atoms with Crippen LogP contribution in [-0.2, 0) is 32.5 Å². The van der Waals surface area contributed by atoms with Gasteiger partial charge in [0.1, 0.15) is 11.7 Å². The molecule has 5 rings (SSSR count). The number of piperidine rings is 1. The SMILES string of the molecule is CC(C)(C)OC(=O)N1CCC[C@H](OC(=O)NS(=O)(=O)N2CCN(C(=O)Nc3nccnc3C(=O)NC3Cc4ccccc4C3)CC2)C1. The number of nitrogens with zero attached hydrogens (tertiary/aromatic N) is 5. The van der Waals surface area contributed by atoms with E-state index in [0.717, 1.165) is 4.31 Å². The molecular weight excluding hydrogens is 632 g/mol. The van der Waals surface area contributed by atoms with E-state index in [1.54, 1.807) is 20.8 Å². The monoisotopic (exact) mass is 672 g/mol. The van der Waals surface area contributed by atoms with E-state index in [2.05, 4.69) is 20.6 Å². The number of piperazine rings is 1. The number of carbonyl (C=O) groups is 4. The number of fused-ring (bicyclic) bond motifs is 1. The lowest BCUT2D eigenvalue weighted by Crippen LogP contribution is -2.55. The smallest absolute Gasteiger partial charge is 0.422 e. The van der Waals surface area contributed by atoms with Gasteiger partial charge in [0.2, 0.25) is 0 Å². The van der Waals surface area contributed by atoms with E-state index >= 15 is 0 Å². The number of carbonyl (C=O) groups excluding carboxylic acids is 4. The number of benzene rings is 1. The summed E-state index contributed by atoms with van der Waals surface area (Å²) in [6, 6.07) is 7.29. The molecule has 3 N–H and O–H groups in total. The molecule has 16 nitrogen and oxygen atoms in total. The molecule has 0 radical (unpaired) electrons. The maximum Gasteiger partial charge on any atom is 0.422 e. The molecule has 1 aromatic carbocycles. The van der Waals surface area contributed by atoms with Crippen LogP contribution in [0.25, 0.3) is 0 Å². The molecule has 2 aromatic rings. The minimum absolute atomic E-state index is 0.0113. The molecule has 1 atom stereocenters. The molecule has 254 valence electrons. The summed E-state index contributed by atoms with van der Waals surface area (Å²) < 4.78 is 39.5. The summed E-state index contributed by atoms with van der Waals surface area (Å²) in [4.78, 5) is 62.1. The summed E-state index contributed by atoms with van der Waals surface area (Å²) in [7, 11) is -4.27. The second-order valence-corrected chi connectivity index (χ2v) is 14.3. The topological polar surface area (TPSA) is 192 Å². The average molecular weight is 673 g/mol. The lowest BCUT2D eigenvalue weighted by Gasteiger charge is -2.34. The number of rotatable bonds is 6. The number of ether oxygens (including phenoxy) is 2. The highest BCUT2D eigenvalue weighted by Crippen LogP contribution is 2.23. The van der Waals surface area contributed by atoms with E-state index in [1.807, 2.05) is 29.0 Å². The molecule has 0 bridgehead atoms. The Balaban J connectivity index is 1.09. The molecule has 1 aliphatic carbocycles. The molecule has 3 aliphatic rings. The highest BCUT2D eigenvalue weighted by Gasteiger charge is 2.34. The predicted molar refractivity (Wildman–Crippen MR) is 169 cm³/mol. The molecular formula is C30H40N8O8S. The average Bonchev–Trinajstić information content (AvgIpc) is 3.42. The Labute approximate surface area is 273 Å². The fourth-order valence-corrected chi connectivity index (χ4v) is 6.73. The zero-order valence-corrected chi connectivity index (χ0v) is 27.4. The first kappa shape index (κ1) is 33.8. The van der Waals surface area contributed by atoms with Gasteiger partial charge >= 0.3 is 28.4 Å². The van der Waals surface area contributed by atoms with Crippen molar-refractivity contribution in [1.29, 1.82) is 0 Å². The summed E-state index contributed by atoms with van der Waals surface area (Å²) in [5.41, 5.74) is 1.64. The number of amides is 5. The van der Waals surface area contributed by atoms with Gasteiger partial charge in [-0.1, -0.05) is 24.3 Å². The van der Waals surface area contributed by atoms with Crippen LogP contribution in [0.5, 0.6) is 0 Å². The highest BCUT2D eigenvalue weighted by molar-refractivity contribution is 7.87. The zero-order chi connectivity index (χ0) is 33.8. The number of hydrogen-bond donors (Lipinski definition) is 3. The fraction of sp³-hybridized carbons (Fsp3) is 0.533. The maximum absolute atomic E-state index is 13.1. The largest absolute Gasteiger partial charge is 0.444 e. The standard InChI is InChI=1S/C30H40N8O8S/c1-30(2,3)46-29(42)37-12-6-9-23(19-37)45-28(41)35-47(43,44)38-15-13-36(14-16-38)27(40)34-25-24(31-10-11-32-25)26(39)33-22-17-20-7-4-5-8-21(20)18-22/h4-5,7-8,10-11,22-23H,6,9,12-19H2,1-3H3,(H,33,39)(H,35,41)(H,32,34,40)/t23-/m0/s1. The molecule has 5 amide bonds. The van der Waals surface area contributed by atoms with Gasteiger partial charge in [0, 0.05) is 51.2 Å². The number of likely N-dealkylation sites (tertiary alicyclic amines) is 1. The van der Waals surface area contributed by atoms with Gasteiger partial charge in [0.05, 0.1) is 6.54 Å². The normalized spacial score (nSPS) is 19.0. The lowest BCUT2D eigenvalue weighted by molar-refractivity contribution is -0.000342. The van der Waals surface area contributed by atoms with Crippen molar-refractivity contribution < 1.29 is 37.1 Å². The predicted octanol–water partition coefficient (Wildman–Crippen LogP) is 1.89. The lowest BCUT2D eigenvalue weighted by atomic mass is 10.1. The number of hydrogen-bond acceptors (Lipinski definition) is 10. The van der Waals surface area contributed by atoms with Gasteiger partial charge < -0.3 is 24.6 Å². The van der Waals surface area contributed by atoms with E-state index < -0.39 is 46.0 Å². The van der Waals surface area contributed by atoms with Crippen molar-refractivity contribution in [3.05, 3.63) is 53.5 Å². The van der Waals surface area contributed by atoms with Crippen molar-refractivity contribution in [2.75, 3.05) is 44.6 Å². The van der Waals surface area contributed by atoms with Crippen LogP contribution in [0.2, 0.25) is 0 Å². The Morgan fingerprint density at radius 3 is 2.23 bits per heavy atom. The van der Waals surface area contributed by atoms with Gasteiger partial charge in [-0.25, -0.2) is 29.1 Å². The number of aromatic nitrogens is 2. The van der Waals surface area contributed by atoms with Crippen LogP contribution >= 0.6 is 0 Å². The van der Waals surface area contributed by atoms with Crippen molar-refractivity contribution in [2.24, 2.45) is 0 Å². The molecule has 0 unspecified atom stereocenters. The second-order valence-electron chi connectivity index (χ2n) is 12.6. The van der Waals surface area contributed by atoms with Gasteiger partial charge in [-0.3, -0.25) is 10.1 Å². The van der Waals surface area contributed by atoms with Crippen LogP contribution in [-0.4, -0.2) is 114 Å². The van der Waals surface area contributed by atoms with Crippen LogP contribution in [0.1, 0.15) is 55.2 Å². The Bertz CT molecular complexity index is 1580. The van der Waals surface area contributed by atoms with Crippen molar-refractivity contribution in [2.45, 2.75) is 64.2 Å². The van der Waals surface area contributed by atoms with Crippen molar-refractivity contribution in [1.82, 2.24) is 34.1 Å². The molecule has 2 aliphatic heterocycles. The third-order valence-electron chi connectivity index (χ3n) is 7.91. The van der Waals surface area contributed by atoms with Crippen molar-refractivity contribution in [3.63, 3.8) is 0 Å². The fourth-order valence-electron chi connectivity index (χ4n) is 5.69. The van der Waals surface area contributed by atoms with Gasteiger partial charge in [-0.05, 0) is 57.6 Å². The first-order valence-electron chi connectivity index (χ1n) is 15.5. The minimum atomic E-state index is -4.27. The van der Waals surface area contributed by atoms with E-state index in [0.29, 0.717) is 32.2 Å². The Morgan fingerprint density at radius 2 is 1.57 bits per heavy atom. The van der Waals surface area contributed by atoms with E-state index in [4.69, 9.17) is 9.47 Å². The van der Waals surface area contributed by atoms with Crippen LogP contribution in [0.3, 0.4) is 0 Å². The maximum atomic E-state index is 13.1. The second kappa shape index (κ2) is 14.1. The Kier molecular flexibility index (Phi) is 10.1. The third kappa shape index (κ3) is 8.85. The molecule has 0 saturated carbocycles. The van der Waals surface area contributed by atoms with Gasteiger partial charge in [-0.2, -0.15) is 12.7 Å². The van der Waals surface area contributed by atoms with Crippen LogP contribution < -0.4 is 15.4 Å². The Morgan fingerprint density at radius 1 is 0.915 bits per heavy atom. The zero-order valence-electron chi connectivity index (χ0n) is 26.6. The van der Waals surface area contributed by atoms with E-state index in [-0.39, 0.29) is 50.3 Å². The van der Waals surface area contributed by atoms with Crippen LogP contribution in [0.4, 0.5) is 20.2 Å². The van der Waals surface area contributed by atoms with E-state index in [9.17, 15) is 27.6 Å². The highest BCUT2D eigenvalue weighted by atomic mass is 32.2. The summed E-state index contributed by atoms with van der Waals surface area (Å²) >= 11 is 0. The molecule has 2 saturated heterocycles. The summed E-state index contributed by atoms with van der Waals surface area (Å²) in [5, 5.41) is 5.58. The van der Waals surface area contributed by atoms with Gasteiger partial charge in [0.25, 0.3) is 5.91 Å². The summed E-state index contributed by atoms with van der Waals surface area (Å²) in [6.45, 7) is 5.60. The van der Waals surface area contributed by atoms with Crippen LogP contribution in [0.15, 0.2) is 36.7 Å². The van der Waals surface area contributed by atoms with Crippen LogP contribution in [0, 0.1) is 0 Å². The third-order valence-corrected chi connectivity index (χ3v) is 9.38. The van der Waals surface area contributed by atoms with E-state index in [1.165, 1.54) is 33.3 Å². The molecule has 17 heteroatoms. The quantitative estimate of drug-likeness (QED) is 0.408. The van der Waals surface area contributed by atoms with Gasteiger partial charge in [0.15, 0.2) is 11.5 Å². The van der Waals surface area contributed by atoms with Crippen molar-refractivity contribution in [3.8, 4) is 0 Å². The number of urea groups is 1. The molecule has 1 aromatic heterocycles. The molecule has 0 spiro atoms. The molecule has 2 fully saturated rings. The first-order chi connectivity index (χ1) is 22.3. The number of anilines is 1. The first-order valence-corrected chi connectivity index (χ1v) is 16.9. The molecule has 47 heavy (non-hydrogen) atoms. The summed E-state index contributed by atoms with van der Waals surface area (Å²) in [5.74, 6) is -0.483. The molecule has 3 heterocycles. The summed E-state index contributed by atoms with van der Waals surface area (Å²) in [6.07, 6.45) is 2.74. The van der Waals surface area contributed by atoms with Gasteiger partial charge in [-0.15, -0.1) is 0 Å². The number of nitrogens with one attached hydrogen (secondary N) is 3.